The number of hydrogen-bond acceptors (Lipinski definition) is 11. The third kappa shape index (κ3) is 13.5. The standard InChI is InChI=1S/C33H44N2O11/c1-4-5-6-7-8-15-27(39)42-19-12-11-13-23-29(43-23)31-32(46-33(41)34-22(3)36)30-24(44-30)18-17-21(2)20-26(38)35-25(37)14-9-10-16-28(40)45-31/h9-11,13-14,16,20,23-24,29-32H,4-8,12,15,17-19H2,1-3H3,(H,34,36,41)(H,35,37,38)/b13-11+,14-9+,16-10-,21-20-/t23-,24-,29-,30-,31+,32-/m1/s1. The van der Waals surface area contributed by atoms with E-state index in [1.807, 2.05) is 0 Å². The lowest BCUT2D eigenvalue weighted by Crippen LogP contribution is -2.46. The Hall–Kier alpha value is -4.10. The molecule has 2 fully saturated rings. The lowest BCUT2D eigenvalue weighted by atomic mass is 10.00. The van der Waals surface area contributed by atoms with E-state index in [4.69, 9.17) is 23.7 Å². The van der Waals surface area contributed by atoms with Gasteiger partial charge >= 0.3 is 18.0 Å². The van der Waals surface area contributed by atoms with Crippen LogP contribution in [-0.4, -0.2) is 79.0 Å². The van der Waals surface area contributed by atoms with Crippen LogP contribution in [0.2, 0.25) is 0 Å². The van der Waals surface area contributed by atoms with Crippen LogP contribution in [0.1, 0.15) is 78.6 Å². The molecule has 0 bridgehead atoms. The van der Waals surface area contributed by atoms with Crippen molar-refractivity contribution in [3.05, 3.63) is 48.1 Å². The fourth-order valence-corrected chi connectivity index (χ4v) is 4.90. The number of rotatable bonds is 12. The van der Waals surface area contributed by atoms with Crippen molar-refractivity contribution in [2.24, 2.45) is 0 Å². The molecule has 0 aliphatic carbocycles. The van der Waals surface area contributed by atoms with E-state index < -0.39 is 66.4 Å². The molecule has 252 valence electrons. The molecule has 0 spiro atoms. The highest BCUT2D eigenvalue weighted by Gasteiger charge is 2.58. The van der Waals surface area contributed by atoms with Crippen LogP contribution in [0.15, 0.2) is 48.1 Å². The number of cyclic esters (lactones) is 1. The molecule has 6 atom stereocenters. The second-order valence-corrected chi connectivity index (χ2v) is 11.4. The van der Waals surface area contributed by atoms with E-state index in [1.54, 1.807) is 19.1 Å². The first-order chi connectivity index (χ1) is 22.1. The Balaban J connectivity index is 1.68. The SMILES string of the molecule is CCCCCCCC(=O)OCC/C=C/[C@H]1O[C@H]1[C@@H]1OC(=O)/C=C\C=C\C(=O)NC(=O)/C=C(/C)CC[C@H]2O[C@H]2[C@H]1OC(=O)NC(C)=O. The van der Waals surface area contributed by atoms with E-state index in [0.29, 0.717) is 31.3 Å². The Bertz CT molecular complexity index is 1240. The average molecular weight is 645 g/mol. The zero-order valence-electron chi connectivity index (χ0n) is 26.6. The fourth-order valence-electron chi connectivity index (χ4n) is 4.90. The number of imide groups is 2. The summed E-state index contributed by atoms with van der Waals surface area (Å²) in [4.78, 5) is 72.9. The van der Waals surface area contributed by atoms with Crippen molar-refractivity contribution in [3.8, 4) is 0 Å². The molecular weight excluding hydrogens is 600 g/mol. The van der Waals surface area contributed by atoms with Gasteiger partial charge in [0, 0.05) is 31.6 Å². The van der Waals surface area contributed by atoms with Gasteiger partial charge in [0.05, 0.1) is 12.7 Å². The number of carbonyl (C=O) groups is 6. The Kier molecular flexibility index (Phi) is 14.8. The number of carbonyl (C=O) groups excluding carboxylic acids is 6. The smallest absolute Gasteiger partial charge is 0.414 e. The Morgan fingerprint density at radius 1 is 1.00 bits per heavy atom. The number of ether oxygens (including phenoxy) is 5. The first-order valence-corrected chi connectivity index (χ1v) is 15.8. The number of amides is 4. The van der Waals surface area contributed by atoms with Crippen molar-refractivity contribution in [1.82, 2.24) is 10.6 Å². The summed E-state index contributed by atoms with van der Waals surface area (Å²) in [6.07, 6.45) is 10.9. The highest BCUT2D eigenvalue weighted by molar-refractivity contribution is 6.05. The summed E-state index contributed by atoms with van der Waals surface area (Å²) in [6, 6.07) is 0. The number of fused-ring (bicyclic) bond motifs is 1. The van der Waals surface area contributed by atoms with E-state index in [9.17, 15) is 28.8 Å². The maximum atomic E-state index is 12.8. The van der Waals surface area contributed by atoms with Crippen molar-refractivity contribution >= 4 is 35.8 Å². The van der Waals surface area contributed by atoms with Gasteiger partial charge in [-0.1, -0.05) is 62.5 Å². The van der Waals surface area contributed by atoms with Gasteiger partial charge in [-0.15, -0.1) is 0 Å². The predicted octanol–water partition coefficient (Wildman–Crippen LogP) is 3.42. The van der Waals surface area contributed by atoms with E-state index in [0.717, 1.165) is 51.2 Å². The molecule has 0 aromatic rings. The van der Waals surface area contributed by atoms with Gasteiger partial charge in [-0.3, -0.25) is 29.8 Å². The summed E-state index contributed by atoms with van der Waals surface area (Å²) in [7, 11) is 0. The maximum absolute atomic E-state index is 12.8. The molecule has 46 heavy (non-hydrogen) atoms. The highest BCUT2D eigenvalue weighted by atomic mass is 16.7. The van der Waals surface area contributed by atoms with Crippen LogP contribution in [0.4, 0.5) is 4.79 Å². The molecule has 0 aromatic carbocycles. The van der Waals surface area contributed by atoms with E-state index >= 15 is 0 Å². The zero-order valence-corrected chi connectivity index (χ0v) is 26.6. The number of esters is 2. The maximum Gasteiger partial charge on any atom is 0.414 e. The Morgan fingerprint density at radius 3 is 2.52 bits per heavy atom. The van der Waals surface area contributed by atoms with Crippen molar-refractivity contribution in [1.29, 1.82) is 0 Å². The molecule has 2 N–H and O–H groups in total. The van der Waals surface area contributed by atoms with Gasteiger partial charge in [-0.05, 0) is 32.6 Å². The first kappa shape index (κ1) is 36.4. The summed E-state index contributed by atoms with van der Waals surface area (Å²) in [5.41, 5.74) is 0.691. The lowest BCUT2D eigenvalue weighted by Gasteiger charge is -2.24. The first-order valence-electron chi connectivity index (χ1n) is 15.8. The number of epoxide rings is 2. The molecule has 13 nitrogen and oxygen atoms in total. The van der Waals surface area contributed by atoms with Crippen LogP contribution in [0, 0.1) is 0 Å². The number of allylic oxidation sites excluding steroid dienone is 3. The number of nitrogens with one attached hydrogen (secondary N) is 2. The molecule has 0 aromatic heterocycles. The van der Waals surface area contributed by atoms with Crippen molar-refractivity contribution in [2.75, 3.05) is 6.61 Å². The molecule has 4 amide bonds. The molecule has 0 radical (unpaired) electrons. The third-order valence-corrected chi connectivity index (χ3v) is 7.32. The average Bonchev–Trinajstić information content (AvgIpc) is 3.91. The minimum atomic E-state index is -1.14. The second kappa shape index (κ2) is 18.8. The van der Waals surface area contributed by atoms with Crippen LogP contribution in [0.3, 0.4) is 0 Å². The van der Waals surface area contributed by atoms with Crippen LogP contribution in [0.5, 0.6) is 0 Å². The Labute approximate surface area is 268 Å². The van der Waals surface area contributed by atoms with Gasteiger partial charge in [0.25, 0.3) is 11.8 Å². The normalized spacial score (nSPS) is 29.2. The van der Waals surface area contributed by atoms with Crippen molar-refractivity contribution in [2.45, 2.75) is 115 Å². The molecule has 3 aliphatic heterocycles. The monoisotopic (exact) mass is 644 g/mol. The van der Waals surface area contributed by atoms with Crippen LogP contribution >= 0.6 is 0 Å². The summed E-state index contributed by atoms with van der Waals surface area (Å²) in [6.45, 7) is 5.24. The summed E-state index contributed by atoms with van der Waals surface area (Å²) < 4.78 is 28.2. The largest absolute Gasteiger partial charge is 0.465 e. The van der Waals surface area contributed by atoms with E-state index in [1.165, 1.54) is 18.2 Å². The van der Waals surface area contributed by atoms with Crippen LogP contribution < -0.4 is 10.6 Å². The van der Waals surface area contributed by atoms with Gasteiger partial charge in [0.15, 0.2) is 12.2 Å². The minimum Gasteiger partial charge on any atom is -0.465 e. The molecule has 13 heteroatoms. The molecule has 3 rings (SSSR count). The quantitative estimate of drug-likeness (QED) is 0.0794. The van der Waals surface area contributed by atoms with Crippen LogP contribution in [0.25, 0.3) is 0 Å². The molecular formula is C33H44N2O11. The predicted molar refractivity (Wildman–Crippen MR) is 164 cm³/mol. The fraction of sp³-hybridized carbons (Fsp3) is 0.576. The number of unbranched alkanes of at least 4 members (excludes halogenated alkanes) is 4. The number of hydrogen-bond donors (Lipinski definition) is 2. The van der Waals surface area contributed by atoms with E-state index in [-0.39, 0.29) is 12.6 Å². The lowest BCUT2D eigenvalue weighted by molar-refractivity contribution is -0.152. The minimum absolute atomic E-state index is 0.213. The molecule has 2 saturated heterocycles. The summed E-state index contributed by atoms with van der Waals surface area (Å²) in [5, 5.41) is 4.25. The highest BCUT2D eigenvalue weighted by Crippen LogP contribution is 2.39. The summed E-state index contributed by atoms with van der Waals surface area (Å²) >= 11 is 0. The summed E-state index contributed by atoms with van der Waals surface area (Å²) in [5.74, 6) is -2.94. The van der Waals surface area contributed by atoms with Gasteiger partial charge in [0.1, 0.15) is 18.3 Å². The van der Waals surface area contributed by atoms with Crippen molar-refractivity contribution in [3.63, 3.8) is 0 Å². The van der Waals surface area contributed by atoms with Gasteiger partial charge in [-0.2, -0.15) is 0 Å². The molecule has 3 heterocycles. The van der Waals surface area contributed by atoms with Crippen molar-refractivity contribution < 1.29 is 52.5 Å². The van der Waals surface area contributed by atoms with Gasteiger partial charge in [0.2, 0.25) is 5.91 Å². The Morgan fingerprint density at radius 2 is 1.76 bits per heavy atom. The molecule has 3 aliphatic rings. The topological polar surface area (TPSA) is 179 Å². The molecule has 0 saturated carbocycles. The van der Waals surface area contributed by atoms with Gasteiger partial charge in [-0.25, -0.2) is 9.59 Å². The molecule has 0 unspecified atom stereocenters. The number of alkyl carbamates (subject to hydrolysis) is 1. The van der Waals surface area contributed by atoms with Gasteiger partial charge < -0.3 is 23.7 Å². The second-order valence-electron chi connectivity index (χ2n) is 11.4. The van der Waals surface area contributed by atoms with E-state index in [2.05, 4.69) is 17.6 Å². The third-order valence-electron chi connectivity index (χ3n) is 7.32. The van der Waals surface area contributed by atoms with Crippen LogP contribution in [-0.2, 0) is 47.7 Å². The zero-order chi connectivity index (χ0) is 33.5.